The molecule has 0 saturated carbocycles. The van der Waals surface area contributed by atoms with Crippen LogP contribution >= 0.6 is 0 Å². The number of nitrogens with zero attached hydrogens (tertiary/aromatic N) is 1. The van der Waals surface area contributed by atoms with E-state index < -0.39 is 0 Å². The first-order valence-corrected chi connectivity index (χ1v) is 6.49. The van der Waals surface area contributed by atoms with Crippen LogP contribution in [0.15, 0.2) is 48.8 Å². The van der Waals surface area contributed by atoms with Crippen LogP contribution in [0.5, 0.6) is 0 Å². The zero-order chi connectivity index (χ0) is 13.9. The third-order valence-corrected chi connectivity index (χ3v) is 3.36. The molecule has 2 heterocycles. The molecule has 2 N–H and O–H groups in total. The van der Waals surface area contributed by atoms with E-state index in [-0.39, 0.29) is 5.91 Å². The van der Waals surface area contributed by atoms with Crippen LogP contribution in [-0.2, 0) is 6.54 Å². The van der Waals surface area contributed by atoms with E-state index in [1.54, 1.807) is 12.4 Å². The summed E-state index contributed by atoms with van der Waals surface area (Å²) in [6.07, 6.45) is 3.53. The second kappa shape index (κ2) is 5.17. The molecule has 3 aromatic rings. The maximum Gasteiger partial charge on any atom is 0.267 e. The predicted octanol–water partition coefficient (Wildman–Crippen LogP) is 2.80. The fourth-order valence-corrected chi connectivity index (χ4v) is 2.15. The second-order valence-electron chi connectivity index (χ2n) is 4.76. The molecule has 0 bridgehead atoms. The van der Waals surface area contributed by atoms with Gasteiger partial charge in [-0.25, -0.2) is 0 Å². The van der Waals surface area contributed by atoms with Crippen LogP contribution < -0.4 is 5.32 Å². The van der Waals surface area contributed by atoms with Crippen molar-refractivity contribution in [2.24, 2.45) is 0 Å². The molecule has 0 aliphatic heterocycles. The summed E-state index contributed by atoms with van der Waals surface area (Å²) >= 11 is 0. The average molecular weight is 265 g/mol. The van der Waals surface area contributed by atoms with Gasteiger partial charge in [-0.3, -0.25) is 9.78 Å². The number of H-pyrrole nitrogens is 1. The number of amides is 1. The van der Waals surface area contributed by atoms with Gasteiger partial charge in [0.25, 0.3) is 5.91 Å². The van der Waals surface area contributed by atoms with E-state index in [0.29, 0.717) is 12.2 Å². The lowest BCUT2D eigenvalue weighted by atomic mass is 10.1. The van der Waals surface area contributed by atoms with Gasteiger partial charge in [0.15, 0.2) is 0 Å². The van der Waals surface area contributed by atoms with Crippen molar-refractivity contribution in [2.45, 2.75) is 13.5 Å². The molecule has 0 aliphatic carbocycles. The first-order valence-electron chi connectivity index (χ1n) is 6.49. The minimum Gasteiger partial charge on any atom is -0.351 e. The number of aromatic nitrogens is 2. The number of benzene rings is 1. The zero-order valence-electron chi connectivity index (χ0n) is 11.2. The van der Waals surface area contributed by atoms with E-state index in [4.69, 9.17) is 0 Å². The topological polar surface area (TPSA) is 57.8 Å². The molecule has 1 aromatic carbocycles. The quantitative estimate of drug-likeness (QED) is 0.765. The summed E-state index contributed by atoms with van der Waals surface area (Å²) in [5.41, 5.74) is 3.69. The molecule has 2 aromatic heterocycles. The van der Waals surface area contributed by atoms with Crippen molar-refractivity contribution >= 4 is 16.8 Å². The first kappa shape index (κ1) is 12.4. The van der Waals surface area contributed by atoms with Crippen LogP contribution in [0.4, 0.5) is 0 Å². The fourth-order valence-electron chi connectivity index (χ4n) is 2.15. The van der Waals surface area contributed by atoms with Gasteiger partial charge in [0.1, 0.15) is 5.69 Å². The van der Waals surface area contributed by atoms with Gasteiger partial charge in [-0.05, 0) is 36.2 Å². The molecular formula is C16H15N3O. The van der Waals surface area contributed by atoms with E-state index >= 15 is 0 Å². The Morgan fingerprint density at radius 3 is 2.95 bits per heavy atom. The number of aromatic amines is 1. The Kier molecular flexibility index (Phi) is 3.21. The molecule has 0 saturated heterocycles. The smallest absolute Gasteiger partial charge is 0.267 e. The molecular weight excluding hydrogens is 250 g/mol. The molecule has 3 rings (SSSR count). The highest BCUT2D eigenvalue weighted by atomic mass is 16.1. The molecule has 100 valence electrons. The van der Waals surface area contributed by atoms with Gasteiger partial charge in [-0.15, -0.1) is 0 Å². The lowest BCUT2D eigenvalue weighted by Crippen LogP contribution is -2.23. The number of para-hydroxylation sites is 1. The zero-order valence-corrected chi connectivity index (χ0v) is 11.2. The van der Waals surface area contributed by atoms with Crippen molar-refractivity contribution in [3.63, 3.8) is 0 Å². The van der Waals surface area contributed by atoms with E-state index in [2.05, 4.69) is 15.3 Å². The lowest BCUT2D eigenvalue weighted by molar-refractivity contribution is 0.0946. The summed E-state index contributed by atoms with van der Waals surface area (Å²) in [4.78, 5) is 19.3. The highest BCUT2D eigenvalue weighted by molar-refractivity contribution is 5.97. The molecule has 1 amide bonds. The summed E-state index contributed by atoms with van der Waals surface area (Å²) in [5, 5.41) is 3.94. The van der Waals surface area contributed by atoms with Gasteiger partial charge in [-0.2, -0.15) is 0 Å². The van der Waals surface area contributed by atoms with Gasteiger partial charge in [-0.1, -0.05) is 18.2 Å². The van der Waals surface area contributed by atoms with E-state index in [9.17, 15) is 4.79 Å². The molecule has 0 atom stereocenters. The number of aryl methyl sites for hydroxylation is 1. The largest absolute Gasteiger partial charge is 0.351 e. The van der Waals surface area contributed by atoms with Crippen LogP contribution in [0.1, 0.15) is 21.6 Å². The van der Waals surface area contributed by atoms with E-state index in [1.807, 2.05) is 43.3 Å². The van der Waals surface area contributed by atoms with Gasteiger partial charge in [0.2, 0.25) is 0 Å². The van der Waals surface area contributed by atoms with Crippen LogP contribution in [0.2, 0.25) is 0 Å². The fraction of sp³-hybridized carbons (Fsp3) is 0.125. The van der Waals surface area contributed by atoms with Crippen LogP contribution in [-0.4, -0.2) is 15.9 Å². The highest BCUT2D eigenvalue weighted by Crippen LogP contribution is 2.14. The van der Waals surface area contributed by atoms with Gasteiger partial charge < -0.3 is 10.3 Å². The molecule has 4 nitrogen and oxygen atoms in total. The molecule has 0 aliphatic rings. The van der Waals surface area contributed by atoms with Crippen molar-refractivity contribution in [3.05, 3.63) is 65.6 Å². The van der Waals surface area contributed by atoms with Gasteiger partial charge in [0, 0.05) is 29.8 Å². The predicted molar refractivity (Wildman–Crippen MR) is 78.4 cm³/mol. The summed E-state index contributed by atoms with van der Waals surface area (Å²) < 4.78 is 0. The van der Waals surface area contributed by atoms with Crippen LogP contribution in [0.25, 0.3) is 10.9 Å². The molecule has 0 spiro atoms. The third kappa shape index (κ3) is 2.40. The van der Waals surface area contributed by atoms with Gasteiger partial charge in [0.05, 0.1) is 0 Å². The Balaban J connectivity index is 1.75. The summed E-state index contributed by atoms with van der Waals surface area (Å²) in [7, 11) is 0. The SMILES string of the molecule is Cc1ccncc1CNC(=O)c1cc2ccccc2[nH]1. The Hall–Kier alpha value is -2.62. The number of hydrogen-bond acceptors (Lipinski definition) is 2. The summed E-state index contributed by atoms with van der Waals surface area (Å²) in [6.45, 7) is 2.49. The number of nitrogens with one attached hydrogen (secondary N) is 2. The Bertz CT molecular complexity index is 728. The molecule has 0 unspecified atom stereocenters. The maximum absolute atomic E-state index is 12.1. The summed E-state index contributed by atoms with van der Waals surface area (Å²) in [6, 6.07) is 11.6. The van der Waals surface area contributed by atoms with Crippen molar-refractivity contribution in [2.75, 3.05) is 0 Å². The number of fused-ring (bicyclic) bond motifs is 1. The summed E-state index contributed by atoms with van der Waals surface area (Å²) in [5.74, 6) is -0.107. The highest BCUT2D eigenvalue weighted by Gasteiger charge is 2.09. The minimum absolute atomic E-state index is 0.107. The molecule has 0 radical (unpaired) electrons. The Labute approximate surface area is 116 Å². The van der Waals surface area contributed by atoms with Gasteiger partial charge >= 0.3 is 0 Å². The number of carbonyl (C=O) groups is 1. The van der Waals surface area contributed by atoms with Crippen LogP contribution in [0, 0.1) is 6.92 Å². The molecule has 0 fully saturated rings. The van der Waals surface area contributed by atoms with Crippen molar-refractivity contribution in [3.8, 4) is 0 Å². The number of pyridine rings is 1. The number of carbonyl (C=O) groups excluding carboxylic acids is 1. The first-order chi connectivity index (χ1) is 9.74. The third-order valence-electron chi connectivity index (χ3n) is 3.36. The molecule has 20 heavy (non-hydrogen) atoms. The molecule has 4 heteroatoms. The number of hydrogen-bond donors (Lipinski definition) is 2. The van der Waals surface area contributed by atoms with Crippen molar-refractivity contribution in [1.29, 1.82) is 0 Å². The Morgan fingerprint density at radius 1 is 1.30 bits per heavy atom. The normalized spacial score (nSPS) is 10.7. The Morgan fingerprint density at radius 2 is 2.15 bits per heavy atom. The van der Waals surface area contributed by atoms with Crippen molar-refractivity contribution < 1.29 is 4.79 Å². The second-order valence-corrected chi connectivity index (χ2v) is 4.76. The standard InChI is InChI=1S/C16H15N3O/c1-11-6-7-17-9-13(11)10-18-16(20)15-8-12-4-2-3-5-14(12)19-15/h2-9,19H,10H2,1H3,(H,18,20). The maximum atomic E-state index is 12.1. The van der Waals surface area contributed by atoms with E-state index in [0.717, 1.165) is 22.0 Å². The van der Waals surface area contributed by atoms with Crippen molar-refractivity contribution in [1.82, 2.24) is 15.3 Å². The lowest BCUT2D eigenvalue weighted by Gasteiger charge is -2.06. The van der Waals surface area contributed by atoms with Crippen LogP contribution in [0.3, 0.4) is 0 Å². The minimum atomic E-state index is -0.107. The average Bonchev–Trinajstić information content (AvgIpc) is 2.90. The number of rotatable bonds is 3. The monoisotopic (exact) mass is 265 g/mol. The van der Waals surface area contributed by atoms with E-state index in [1.165, 1.54) is 0 Å².